The third-order valence-electron chi connectivity index (χ3n) is 1.54. The first-order chi connectivity index (χ1) is 5.66. The molecule has 3 N–H and O–H groups in total. The highest BCUT2D eigenvalue weighted by Crippen LogP contribution is 2.30. The third kappa shape index (κ3) is 1.77. The van der Waals surface area contributed by atoms with E-state index in [0.717, 1.165) is 0 Å². The van der Waals surface area contributed by atoms with Gasteiger partial charge in [0.05, 0.1) is 6.61 Å². The van der Waals surface area contributed by atoms with E-state index in [-0.39, 0.29) is 5.75 Å². The lowest BCUT2D eigenvalue weighted by molar-refractivity contribution is 0.0929. The van der Waals surface area contributed by atoms with Gasteiger partial charge in [-0.1, -0.05) is 22.0 Å². The van der Waals surface area contributed by atoms with Crippen molar-refractivity contribution in [3.05, 3.63) is 28.2 Å². The van der Waals surface area contributed by atoms with Gasteiger partial charge in [0.1, 0.15) is 11.9 Å². The Morgan fingerprint density at radius 2 is 2.08 bits per heavy atom. The number of aliphatic hydroxyl groups excluding tert-OH is 2. The molecule has 0 saturated carbocycles. The normalized spacial score (nSPS) is 12.9. The number of aliphatic hydroxyl groups is 2. The molecule has 4 heteroatoms. The summed E-state index contributed by atoms with van der Waals surface area (Å²) in [5.74, 6) is -0.0223. The van der Waals surface area contributed by atoms with Crippen LogP contribution in [-0.2, 0) is 0 Å². The standard InChI is InChI=1S/C8H9BrO3/c9-5-2-1-3-6(11)8(5)7(12)4-10/h1-3,7,10-12H,4H2. The number of halogens is 1. The number of hydrogen-bond donors (Lipinski definition) is 3. The SMILES string of the molecule is OCC(O)c1c(O)cccc1Br. The Balaban J connectivity index is 3.12. The Bertz CT molecular complexity index is 255. The van der Waals surface area contributed by atoms with Crippen LogP contribution in [0.4, 0.5) is 0 Å². The summed E-state index contributed by atoms with van der Waals surface area (Å²) in [5.41, 5.74) is 0.319. The molecule has 0 aliphatic heterocycles. The van der Waals surface area contributed by atoms with Crippen LogP contribution in [-0.4, -0.2) is 21.9 Å². The van der Waals surface area contributed by atoms with Crippen molar-refractivity contribution in [2.24, 2.45) is 0 Å². The maximum atomic E-state index is 9.29. The summed E-state index contributed by atoms with van der Waals surface area (Å²) >= 11 is 3.16. The molecular formula is C8H9BrO3. The second-order valence-corrected chi connectivity index (χ2v) is 3.23. The molecule has 0 bridgehead atoms. The highest BCUT2D eigenvalue weighted by atomic mass is 79.9. The van der Waals surface area contributed by atoms with Crippen LogP contribution in [0.1, 0.15) is 11.7 Å². The van der Waals surface area contributed by atoms with Gasteiger partial charge in [-0.2, -0.15) is 0 Å². The minimum absolute atomic E-state index is 0.0223. The number of phenols is 1. The first-order valence-corrected chi connectivity index (χ1v) is 4.22. The largest absolute Gasteiger partial charge is 0.508 e. The minimum atomic E-state index is -1.04. The Kier molecular flexibility index (Phi) is 3.08. The fraction of sp³-hybridized carbons (Fsp3) is 0.250. The van der Waals surface area contributed by atoms with Crippen molar-refractivity contribution in [3.63, 3.8) is 0 Å². The molecule has 12 heavy (non-hydrogen) atoms. The van der Waals surface area contributed by atoms with Crippen LogP contribution in [0, 0.1) is 0 Å². The van der Waals surface area contributed by atoms with E-state index in [0.29, 0.717) is 10.0 Å². The molecule has 0 amide bonds. The zero-order valence-corrected chi connectivity index (χ0v) is 7.82. The second-order valence-electron chi connectivity index (χ2n) is 2.37. The van der Waals surface area contributed by atoms with E-state index in [1.165, 1.54) is 6.07 Å². The Morgan fingerprint density at radius 3 is 2.58 bits per heavy atom. The smallest absolute Gasteiger partial charge is 0.122 e. The lowest BCUT2D eigenvalue weighted by Crippen LogP contribution is -2.03. The molecule has 0 saturated heterocycles. The summed E-state index contributed by atoms with van der Waals surface area (Å²) in [6, 6.07) is 4.79. The summed E-state index contributed by atoms with van der Waals surface area (Å²) in [5, 5.41) is 27.2. The summed E-state index contributed by atoms with van der Waals surface area (Å²) in [4.78, 5) is 0. The van der Waals surface area contributed by atoms with Crippen molar-refractivity contribution < 1.29 is 15.3 Å². The van der Waals surface area contributed by atoms with Gasteiger partial charge in [0.2, 0.25) is 0 Å². The van der Waals surface area contributed by atoms with Gasteiger partial charge in [0.25, 0.3) is 0 Å². The predicted molar refractivity (Wildman–Crippen MR) is 47.9 cm³/mol. The van der Waals surface area contributed by atoms with E-state index in [2.05, 4.69) is 15.9 Å². The van der Waals surface area contributed by atoms with Crippen LogP contribution >= 0.6 is 15.9 Å². The lowest BCUT2D eigenvalue weighted by Gasteiger charge is -2.11. The predicted octanol–water partition coefficient (Wildman–Crippen LogP) is 1.18. The molecule has 3 nitrogen and oxygen atoms in total. The van der Waals surface area contributed by atoms with Crippen molar-refractivity contribution in [3.8, 4) is 5.75 Å². The van der Waals surface area contributed by atoms with Gasteiger partial charge in [-0.25, -0.2) is 0 Å². The fourth-order valence-corrected chi connectivity index (χ4v) is 1.57. The summed E-state index contributed by atoms with van der Waals surface area (Å²) < 4.78 is 0.587. The van der Waals surface area contributed by atoms with Crippen LogP contribution in [0.2, 0.25) is 0 Å². The van der Waals surface area contributed by atoms with Gasteiger partial charge in [-0.15, -0.1) is 0 Å². The van der Waals surface area contributed by atoms with Gasteiger partial charge in [-0.05, 0) is 12.1 Å². The van der Waals surface area contributed by atoms with Gasteiger partial charge in [0.15, 0.2) is 0 Å². The molecule has 1 atom stereocenters. The molecule has 1 aromatic carbocycles. The maximum absolute atomic E-state index is 9.29. The van der Waals surface area contributed by atoms with Crippen LogP contribution < -0.4 is 0 Å². The molecule has 1 unspecified atom stereocenters. The van der Waals surface area contributed by atoms with Crippen LogP contribution in [0.25, 0.3) is 0 Å². The summed E-state index contributed by atoms with van der Waals surface area (Å²) in [6.45, 7) is -0.407. The topological polar surface area (TPSA) is 60.7 Å². The molecule has 1 rings (SSSR count). The Hall–Kier alpha value is -0.580. The average molecular weight is 233 g/mol. The number of hydrogen-bond acceptors (Lipinski definition) is 3. The third-order valence-corrected chi connectivity index (χ3v) is 2.23. The van der Waals surface area contributed by atoms with Crippen molar-refractivity contribution >= 4 is 15.9 Å². The average Bonchev–Trinajstić information content (AvgIpc) is 2.03. The molecule has 0 heterocycles. The molecular weight excluding hydrogens is 224 g/mol. The van der Waals surface area contributed by atoms with E-state index in [9.17, 15) is 10.2 Å². The van der Waals surface area contributed by atoms with Crippen LogP contribution in [0.5, 0.6) is 5.75 Å². The molecule has 66 valence electrons. The number of aromatic hydroxyl groups is 1. The molecule has 0 radical (unpaired) electrons. The lowest BCUT2D eigenvalue weighted by atomic mass is 10.1. The van der Waals surface area contributed by atoms with Crippen molar-refractivity contribution in [1.29, 1.82) is 0 Å². The molecule has 0 fully saturated rings. The zero-order valence-electron chi connectivity index (χ0n) is 6.24. The quantitative estimate of drug-likeness (QED) is 0.718. The summed E-state index contributed by atoms with van der Waals surface area (Å²) in [6.07, 6.45) is -1.04. The zero-order chi connectivity index (χ0) is 9.14. The van der Waals surface area contributed by atoms with Crippen LogP contribution in [0.15, 0.2) is 22.7 Å². The van der Waals surface area contributed by atoms with E-state index >= 15 is 0 Å². The number of phenolic OH excluding ortho intramolecular Hbond substituents is 1. The molecule has 0 aromatic heterocycles. The highest BCUT2D eigenvalue weighted by Gasteiger charge is 2.13. The Labute approximate surface area is 78.4 Å². The van der Waals surface area contributed by atoms with Gasteiger partial charge in [0, 0.05) is 10.0 Å². The monoisotopic (exact) mass is 232 g/mol. The fourth-order valence-electron chi connectivity index (χ4n) is 0.947. The Morgan fingerprint density at radius 1 is 1.42 bits per heavy atom. The first-order valence-electron chi connectivity index (χ1n) is 3.43. The number of rotatable bonds is 2. The van der Waals surface area contributed by atoms with E-state index in [1.807, 2.05) is 0 Å². The van der Waals surface area contributed by atoms with E-state index in [4.69, 9.17) is 5.11 Å². The summed E-state index contributed by atoms with van der Waals surface area (Å²) in [7, 11) is 0. The highest BCUT2D eigenvalue weighted by molar-refractivity contribution is 9.10. The van der Waals surface area contributed by atoms with Gasteiger partial charge >= 0.3 is 0 Å². The van der Waals surface area contributed by atoms with Crippen molar-refractivity contribution in [1.82, 2.24) is 0 Å². The minimum Gasteiger partial charge on any atom is -0.508 e. The number of benzene rings is 1. The van der Waals surface area contributed by atoms with E-state index in [1.54, 1.807) is 12.1 Å². The second kappa shape index (κ2) is 3.89. The van der Waals surface area contributed by atoms with Gasteiger partial charge < -0.3 is 15.3 Å². The van der Waals surface area contributed by atoms with Crippen LogP contribution in [0.3, 0.4) is 0 Å². The van der Waals surface area contributed by atoms with Crippen molar-refractivity contribution in [2.45, 2.75) is 6.10 Å². The molecule has 0 aliphatic carbocycles. The molecule has 1 aromatic rings. The van der Waals surface area contributed by atoms with Crippen molar-refractivity contribution in [2.75, 3.05) is 6.61 Å². The molecule has 0 aliphatic rings. The van der Waals surface area contributed by atoms with E-state index < -0.39 is 12.7 Å². The van der Waals surface area contributed by atoms with Gasteiger partial charge in [-0.3, -0.25) is 0 Å². The maximum Gasteiger partial charge on any atom is 0.122 e. The first kappa shape index (κ1) is 9.51. The molecule has 0 spiro atoms.